The van der Waals surface area contributed by atoms with Gasteiger partial charge in [0.2, 0.25) is 5.13 Å². The second-order valence-corrected chi connectivity index (χ2v) is 5.40. The van der Waals surface area contributed by atoms with Crippen molar-refractivity contribution in [2.45, 2.75) is 38.6 Å². The van der Waals surface area contributed by atoms with Crippen molar-refractivity contribution in [3.8, 4) is 0 Å². The van der Waals surface area contributed by atoms with Crippen molar-refractivity contribution in [2.75, 3.05) is 11.9 Å². The molecule has 2 atom stereocenters. The standard InChI is InChI=1S/C10H18N4S/c1-7-13-14-10(15-7)12-6-8-4-2-3-5-9(8)11/h8-9H,2-6,11H2,1H3,(H,12,14). The molecule has 0 aliphatic heterocycles. The zero-order chi connectivity index (χ0) is 10.7. The summed E-state index contributed by atoms with van der Waals surface area (Å²) < 4.78 is 0. The van der Waals surface area contributed by atoms with Crippen LogP contribution in [0.4, 0.5) is 5.13 Å². The van der Waals surface area contributed by atoms with Crippen LogP contribution >= 0.6 is 11.3 Å². The Hall–Kier alpha value is -0.680. The van der Waals surface area contributed by atoms with Crippen LogP contribution < -0.4 is 11.1 Å². The number of nitrogens with one attached hydrogen (secondary N) is 1. The van der Waals surface area contributed by atoms with E-state index in [9.17, 15) is 0 Å². The molecule has 1 aromatic rings. The summed E-state index contributed by atoms with van der Waals surface area (Å²) in [6.45, 7) is 2.91. The Morgan fingerprint density at radius 1 is 1.40 bits per heavy atom. The molecule has 1 aliphatic rings. The van der Waals surface area contributed by atoms with Crippen LogP contribution in [0.5, 0.6) is 0 Å². The van der Waals surface area contributed by atoms with Gasteiger partial charge in [0.15, 0.2) is 0 Å². The van der Waals surface area contributed by atoms with Gasteiger partial charge < -0.3 is 11.1 Å². The molecule has 0 spiro atoms. The van der Waals surface area contributed by atoms with Gasteiger partial charge in [0, 0.05) is 12.6 Å². The minimum absolute atomic E-state index is 0.361. The number of hydrogen-bond donors (Lipinski definition) is 2. The molecular formula is C10H18N4S. The molecule has 0 bridgehead atoms. The molecule has 1 heterocycles. The second-order valence-electron chi connectivity index (χ2n) is 4.22. The van der Waals surface area contributed by atoms with E-state index in [4.69, 9.17) is 5.73 Å². The predicted octanol–water partition coefficient (Wildman–Crippen LogP) is 1.78. The van der Waals surface area contributed by atoms with Crippen LogP contribution in [0, 0.1) is 12.8 Å². The summed E-state index contributed by atoms with van der Waals surface area (Å²) in [5, 5.41) is 13.3. The first-order valence-electron chi connectivity index (χ1n) is 5.55. The lowest BCUT2D eigenvalue weighted by molar-refractivity contribution is 0.321. The summed E-state index contributed by atoms with van der Waals surface area (Å²) in [5.74, 6) is 0.600. The molecule has 4 nitrogen and oxygen atoms in total. The first kappa shape index (κ1) is 10.8. The largest absolute Gasteiger partial charge is 0.360 e. The minimum atomic E-state index is 0.361. The van der Waals surface area contributed by atoms with Crippen molar-refractivity contribution in [3.63, 3.8) is 0 Å². The summed E-state index contributed by atoms with van der Waals surface area (Å²) in [7, 11) is 0. The van der Waals surface area contributed by atoms with Crippen LogP contribution in [0.15, 0.2) is 0 Å². The Balaban J connectivity index is 1.81. The highest BCUT2D eigenvalue weighted by Crippen LogP contribution is 2.23. The number of anilines is 1. The highest BCUT2D eigenvalue weighted by Gasteiger charge is 2.21. The van der Waals surface area contributed by atoms with Gasteiger partial charge in [0.05, 0.1) is 0 Å². The summed E-state index contributed by atoms with van der Waals surface area (Å²) in [4.78, 5) is 0. The molecular weight excluding hydrogens is 208 g/mol. The Morgan fingerprint density at radius 2 is 2.20 bits per heavy atom. The van der Waals surface area contributed by atoms with Crippen molar-refractivity contribution in [1.82, 2.24) is 10.2 Å². The van der Waals surface area contributed by atoms with Crippen LogP contribution in [0.2, 0.25) is 0 Å². The van der Waals surface area contributed by atoms with Crippen LogP contribution in [0.1, 0.15) is 30.7 Å². The molecule has 5 heteroatoms. The number of hydrogen-bond acceptors (Lipinski definition) is 5. The molecule has 2 rings (SSSR count). The van der Waals surface area contributed by atoms with E-state index in [1.54, 1.807) is 11.3 Å². The third-order valence-electron chi connectivity index (χ3n) is 3.01. The van der Waals surface area contributed by atoms with Gasteiger partial charge in [-0.1, -0.05) is 24.2 Å². The number of rotatable bonds is 3. The van der Waals surface area contributed by atoms with E-state index in [0.717, 1.165) is 16.7 Å². The van der Waals surface area contributed by atoms with E-state index in [0.29, 0.717) is 12.0 Å². The Morgan fingerprint density at radius 3 is 2.87 bits per heavy atom. The molecule has 2 unspecified atom stereocenters. The smallest absolute Gasteiger partial charge is 0.205 e. The van der Waals surface area contributed by atoms with E-state index in [-0.39, 0.29) is 0 Å². The molecule has 1 aliphatic carbocycles. The fourth-order valence-corrected chi connectivity index (χ4v) is 2.67. The lowest BCUT2D eigenvalue weighted by atomic mass is 9.85. The SMILES string of the molecule is Cc1nnc(NCC2CCCCC2N)s1. The van der Waals surface area contributed by atoms with Crippen molar-refractivity contribution >= 4 is 16.5 Å². The topological polar surface area (TPSA) is 63.8 Å². The Kier molecular flexibility index (Phi) is 3.53. The Labute approximate surface area is 94.3 Å². The zero-order valence-corrected chi connectivity index (χ0v) is 9.89. The summed E-state index contributed by atoms with van der Waals surface area (Å²) in [5.41, 5.74) is 6.08. The van der Waals surface area contributed by atoms with Crippen LogP contribution in [-0.4, -0.2) is 22.8 Å². The Bertz CT molecular complexity index is 312. The first-order chi connectivity index (χ1) is 7.25. The number of aryl methyl sites for hydroxylation is 1. The van der Waals surface area contributed by atoms with Crippen LogP contribution in [-0.2, 0) is 0 Å². The molecule has 0 radical (unpaired) electrons. The average Bonchev–Trinajstić information content (AvgIpc) is 2.63. The van der Waals surface area contributed by atoms with Gasteiger partial charge in [-0.15, -0.1) is 10.2 Å². The molecule has 1 saturated carbocycles. The van der Waals surface area contributed by atoms with Gasteiger partial charge in [-0.2, -0.15) is 0 Å². The lowest BCUT2D eigenvalue weighted by Gasteiger charge is -2.28. The van der Waals surface area contributed by atoms with Crippen molar-refractivity contribution in [1.29, 1.82) is 0 Å². The van der Waals surface area contributed by atoms with Gasteiger partial charge in [-0.3, -0.25) is 0 Å². The maximum atomic E-state index is 6.08. The fraction of sp³-hybridized carbons (Fsp3) is 0.800. The maximum absolute atomic E-state index is 6.08. The number of aromatic nitrogens is 2. The van der Waals surface area contributed by atoms with Gasteiger partial charge in [-0.25, -0.2) is 0 Å². The summed E-state index contributed by atoms with van der Waals surface area (Å²) in [6.07, 6.45) is 5.01. The van der Waals surface area contributed by atoms with Crippen molar-refractivity contribution < 1.29 is 0 Å². The second kappa shape index (κ2) is 4.90. The predicted molar refractivity (Wildman–Crippen MR) is 63.1 cm³/mol. The normalized spacial score (nSPS) is 26.5. The molecule has 3 N–H and O–H groups in total. The minimum Gasteiger partial charge on any atom is -0.360 e. The van der Waals surface area contributed by atoms with Crippen LogP contribution in [0.3, 0.4) is 0 Å². The van der Waals surface area contributed by atoms with Gasteiger partial charge in [0.1, 0.15) is 5.01 Å². The molecule has 15 heavy (non-hydrogen) atoms. The zero-order valence-electron chi connectivity index (χ0n) is 9.07. The number of nitrogens with zero attached hydrogens (tertiary/aromatic N) is 2. The molecule has 1 fully saturated rings. The molecule has 1 aromatic heterocycles. The monoisotopic (exact) mass is 226 g/mol. The maximum Gasteiger partial charge on any atom is 0.205 e. The first-order valence-corrected chi connectivity index (χ1v) is 6.37. The van der Waals surface area contributed by atoms with E-state index in [1.807, 2.05) is 6.92 Å². The van der Waals surface area contributed by atoms with Crippen LogP contribution in [0.25, 0.3) is 0 Å². The fourth-order valence-electron chi connectivity index (χ4n) is 2.08. The van der Waals surface area contributed by atoms with E-state index in [2.05, 4.69) is 15.5 Å². The summed E-state index contributed by atoms with van der Waals surface area (Å²) >= 11 is 1.60. The quantitative estimate of drug-likeness (QED) is 0.824. The van der Waals surface area contributed by atoms with Gasteiger partial charge in [-0.05, 0) is 25.7 Å². The molecule has 84 valence electrons. The average molecular weight is 226 g/mol. The van der Waals surface area contributed by atoms with E-state index < -0.39 is 0 Å². The summed E-state index contributed by atoms with van der Waals surface area (Å²) in [6, 6.07) is 0.361. The molecule has 0 amide bonds. The lowest BCUT2D eigenvalue weighted by Crippen LogP contribution is -2.37. The highest BCUT2D eigenvalue weighted by molar-refractivity contribution is 7.15. The highest BCUT2D eigenvalue weighted by atomic mass is 32.1. The molecule has 0 saturated heterocycles. The van der Waals surface area contributed by atoms with Gasteiger partial charge in [0.25, 0.3) is 0 Å². The van der Waals surface area contributed by atoms with E-state index in [1.165, 1.54) is 25.7 Å². The van der Waals surface area contributed by atoms with Gasteiger partial charge >= 0.3 is 0 Å². The third kappa shape index (κ3) is 2.89. The van der Waals surface area contributed by atoms with E-state index >= 15 is 0 Å². The third-order valence-corrected chi connectivity index (χ3v) is 3.81. The van der Waals surface area contributed by atoms with Crippen molar-refractivity contribution in [3.05, 3.63) is 5.01 Å². The molecule has 0 aromatic carbocycles. The number of nitrogens with two attached hydrogens (primary N) is 1. The van der Waals surface area contributed by atoms with Crippen molar-refractivity contribution in [2.24, 2.45) is 11.7 Å².